The number of nitrogens with zero attached hydrogens (tertiary/aromatic N) is 1. The van der Waals surface area contributed by atoms with Gasteiger partial charge in [0.1, 0.15) is 0 Å². The molecule has 0 bridgehead atoms. The molecule has 2 heteroatoms. The third-order valence-electron chi connectivity index (χ3n) is 2.27. The fourth-order valence-corrected chi connectivity index (χ4v) is 1.45. The summed E-state index contributed by atoms with van der Waals surface area (Å²) in [7, 11) is 0. The van der Waals surface area contributed by atoms with E-state index in [9.17, 15) is 0 Å². The number of unbranched alkanes of at least 4 members (excludes halogenated alkanes) is 1. The molecule has 0 unspecified atom stereocenters. The van der Waals surface area contributed by atoms with E-state index in [2.05, 4.69) is 24.9 Å². The Morgan fingerprint density at radius 3 is 2.92 bits per heavy atom. The normalized spacial score (nSPS) is 12.8. The van der Waals surface area contributed by atoms with Gasteiger partial charge in [0.05, 0.1) is 5.69 Å². The van der Waals surface area contributed by atoms with Gasteiger partial charge in [-0.05, 0) is 25.0 Å². The number of hydrogen-bond acceptors (Lipinski definition) is 2. The molecule has 0 aliphatic heterocycles. The van der Waals surface area contributed by atoms with Crippen molar-refractivity contribution in [3.05, 3.63) is 29.6 Å². The lowest BCUT2D eigenvalue weighted by atomic mass is 10.0. The molecule has 1 atom stereocenters. The van der Waals surface area contributed by atoms with E-state index in [1.807, 2.05) is 12.3 Å². The van der Waals surface area contributed by atoms with Crippen LogP contribution in [0.2, 0.25) is 0 Å². The molecule has 1 rings (SSSR count). The Bertz CT molecular complexity index is 258. The second-order valence-electron chi connectivity index (χ2n) is 3.45. The van der Waals surface area contributed by atoms with Gasteiger partial charge in [-0.25, -0.2) is 0 Å². The Kier molecular flexibility index (Phi) is 3.90. The Labute approximate surface area is 80.2 Å². The molecule has 0 saturated heterocycles. The molecule has 1 aromatic heterocycles. The minimum Gasteiger partial charge on any atom is -0.323 e. The van der Waals surface area contributed by atoms with Crippen LogP contribution in [0.1, 0.15) is 43.5 Å². The van der Waals surface area contributed by atoms with Gasteiger partial charge in [0.2, 0.25) is 0 Å². The highest BCUT2D eigenvalue weighted by Crippen LogP contribution is 2.17. The average molecular weight is 178 g/mol. The first-order valence-corrected chi connectivity index (χ1v) is 4.92. The lowest BCUT2D eigenvalue weighted by Crippen LogP contribution is -2.13. The molecule has 0 spiro atoms. The predicted octanol–water partition coefficient (Wildman–Crippen LogP) is 2.58. The maximum absolute atomic E-state index is 6.02. The van der Waals surface area contributed by atoms with E-state index in [1.165, 1.54) is 18.4 Å². The molecule has 0 fully saturated rings. The van der Waals surface area contributed by atoms with Crippen LogP contribution in [0.4, 0.5) is 0 Å². The molecule has 0 aliphatic rings. The van der Waals surface area contributed by atoms with Crippen molar-refractivity contribution in [1.29, 1.82) is 0 Å². The van der Waals surface area contributed by atoms with Crippen molar-refractivity contribution in [3.8, 4) is 0 Å². The summed E-state index contributed by atoms with van der Waals surface area (Å²) in [5, 5.41) is 0. The maximum atomic E-state index is 6.02. The lowest BCUT2D eigenvalue weighted by molar-refractivity contribution is 0.587. The topological polar surface area (TPSA) is 38.9 Å². The molecular weight excluding hydrogens is 160 g/mol. The Morgan fingerprint density at radius 2 is 2.31 bits per heavy atom. The first-order valence-electron chi connectivity index (χ1n) is 4.92. The van der Waals surface area contributed by atoms with Crippen molar-refractivity contribution in [2.75, 3.05) is 0 Å². The Hall–Kier alpha value is -0.890. The quantitative estimate of drug-likeness (QED) is 0.769. The molecule has 1 heterocycles. The average Bonchev–Trinajstić information content (AvgIpc) is 2.15. The number of hydrogen-bond donors (Lipinski definition) is 1. The highest BCUT2D eigenvalue weighted by molar-refractivity contribution is 5.20. The van der Waals surface area contributed by atoms with E-state index in [-0.39, 0.29) is 6.04 Å². The van der Waals surface area contributed by atoms with Gasteiger partial charge in [-0.1, -0.05) is 25.8 Å². The van der Waals surface area contributed by atoms with Gasteiger partial charge in [-0.15, -0.1) is 0 Å². The lowest BCUT2D eigenvalue weighted by Gasteiger charge is -2.12. The predicted molar refractivity (Wildman–Crippen MR) is 55.4 cm³/mol. The van der Waals surface area contributed by atoms with Crippen LogP contribution in [0, 0.1) is 6.92 Å². The standard InChI is InChI=1S/C11H18N2/c1-3-4-7-10(12)11-9(2)6-5-8-13-11/h5-6,8,10H,3-4,7,12H2,1-2H3/t10-/m0/s1. The van der Waals surface area contributed by atoms with Crippen LogP contribution in [0.25, 0.3) is 0 Å². The highest BCUT2D eigenvalue weighted by Gasteiger charge is 2.08. The van der Waals surface area contributed by atoms with Gasteiger partial charge in [-0.3, -0.25) is 4.98 Å². The number of nitrogens with two attached hydrogens (primary N) is 1. The fourth-order valence-electron chi connectivity index (χ4n) is 1.45. The molecule has 0 aliphatic carbocycles. The number of aryl methyl sites for hydroxylation is 1. The van der Waals surface area contributed by atoms with Gasteiger partial charge in [0, 0.05) is 12.2 Å². The molecular formula is C11H18N2. The van der Waals surface area contributed by atoms with Crippen molar-refractivity contribution >= 4 is 0 Å². The summed E-state index contributed by atoms with van der Waals surface area (Å²) < 4.78 is 0. The monoisotopic (exact) mass is 178 g/mol. The molecule has 1 aromatic rings. The van der Waals surface area contributed by atoms with Crippen LogP contribution < -0.4 is 5.73 Å². The molecule has 13 heavy (non-hydrogen) atoms. The molecule has 0 aromatic carbocycles. The minimum atomic E-state index is 0.112. The van der Waals surface area contributed by atoms with E-state index in [4.69, 9.17) is 5.73 Å². The summed E-state index contributed by atoms with van der Waals surface area (Å²) in [5.74, 6) is 0. The zero-order valence-corrected chi connectivity index (χ0v) is 8.46. The fraction of sp³-hybridized carbons (Fsp3) is 0.545. The summed E-state index contributed by atoms with van der Waals surface area (Å²) in [6.07, 6.45) is 5.22. The smallest absolute Gasteiger partial charge is 0.0600 e. The van der Waals surface area contributed by atoms with E-state index in [0.29, 0.717) is 0 Å². The minimum absolute atomic E-state index is 0.112. The number of pyridine rings is 1. The molecule has 0 amide bonds. The van der Waals surface area contributed by atoms with Crippen LogP contribution in [-0.4, -0.2) is 4.98 Å². The van der Waals surface area contributed by atoms with Crippen LogP contribution in [0.5, 0.6) is 0 Å². The summed E-state index contributed by atoms with van der Waals surface area (Å²) in [5.41, 5.74) is 8.27. The first-order chi connectivity index (χ1) is 6.25. The zero-order chi connectivity index (χ0) is 9.68. The van der Waals surface area contributed by atoms with Gasteiger partial charge < -0.3 is 5.73 Å². The molecule has 2 nitrogen and oxygen atoms in total. The maximum Gasteiger partial charge on any atom is 0.0600 e. The van der Waals surface area contributed by atoms with Crippen LogP contribution in [0.3, 0.4) is 0 Å². The molecule has 0 radical (unpaired) electrons. The van der Waals surface area contributed by atoms with Crippen molar-refractivity contribution in [2.45, 2.75) is 39.2 Å². The summed E-state index contributed by atoms with van der Waals surface area (Å²) >= 11 is 0. The summed E-state index contributed by atoms with van der Waals surface area (Å²) in [6, 6.07) is 4.13. The second kappa shape index (κ2) is 4.97. The van der Waals surface area contributed by atoms with Gasteiger partial charge in [0.15, 0.2) is 0 Å². The van der Waals surface area contributed by atoms with E-state index in [1.54, 1.807) is 0 Å². The van der Waals surface area contributed by atoms with Crippen LogP contribution >= 0.6 is 0 Å². The number of aromatic nitrogens is 1. The van der Waals surface area contributed by atoms with Gasteiger partial charge in [0.25, 0.3) is 0 Å². The summed E-state index contributed by atoms with van der Waals surface area (Å²) in [4.78, 5) is 4.31. The van der Waals surface area contributed by atoms with E-state index >= 15 is 0 Å². The SMILES string of the molecule is CCCC[C@H](N)c1ncccc1C. The van der Waals surface area contributed by atoms with Crippen molar-refractivity contribution in [1.82, 2.24) is 4.98 Å². The third-order valence-corrected chi connectivity index (χ3v) is 2.27. The largest absolute Gasteiger partial charge is 0.323 e. The molecule has 2 N–H and O–H groups in total. The molecule has 72 valence electrons. The Balaban J connectivity index is 2.65. The Morgan fingerprint density at radius 1 is 1.54 bits per heavy atom. The van der Waals surface area contributed by atoms with Crippen LogP contribution in [0.15, 0.2) is 18.3 Å². The second-order valence-corrected chi connectivity index (χ2v) is 3.45. The summed E-state index contributed by atoms with van der Waals surface area (Å²) in [6.45, 7) is 4.24. The zero-order valence-electron chi connectivity index (χ0n) is 8.46. The van der Waals surface area contributed by atoms with Gasteiger partial charge in [-0.2, -0.15) is 0 Å². The van der Waals surface area contributed by atoms with Crippen molar-refractivity contribution < 1.29 is 0 Å². The number of rotatable bonds is 4. The first kappa shape index (κ1) is 10.2. The third kappa shape index (κ3) is 2.81. The van der Waals surface area contributed by atoms with Crippen molar-refractivity contribution in [3.63, 3.8) is 0 Å². The van der Waals surface area contributed by atoms with Crippen molar-refractivity contribution in [2.24, 2.45) is 5.73 Å². The molecule has 0 saturated carbocycles. The van der Waals surface area contributed by atoms with E-state index in [0.717, 1.165) is 12.1 Å². The van der Waals surface area contributed by atoms with E-state index < -0.39 is 0 Å². The highest BCUT2D eigenvalue weighted by atomic mass is 14.8. The van der Waals surface area contributed by atoms with Gasteiger partial charge >= 0.3 is 0 Å². The van der Waals surface area contributed by atoms with Crippen LogP contribution in [-0.2, 0) is 0 Å².